The first kappa shape index (κ1) is 18.6. The quantitative estimate of drug-likeness (QED) is 0.769. The summed E-state index contributed by atoms with van der Waals surface area (Å²) in [6.45, 7) is 0.266. The molecule has 9 heteroatoms. The highest BCUT2D eigenvalue weighted by Gasteiger charge is 2.31. The van der Waals surface area contributed by atoms with Crippen LogP contribution in [0.5, 0.6) is 0 Å². The Kier molecular flexibility index (Phi) is 5.13. The summed E-state index contributed by atoms with van der Waals surface area (Å²) < 4.78 is 39.6. The predicted molar refractivity (Wildman–Crippen MR) is 95.6 cm³/mol. The first-order valence-corrected chi connectivity index (χ1v) is 9.36. The molecule has 0 spiro atoms. The van der Waals surface area contributed by atoms with Crippen LogP contribution in [0.2, 0.25) is 0 Å². The molecule has 1 amide bonds. The van der Waals surface area contributed by atoms with E-state index in [1.807, 2.05) is 0 Å². The summed E-state index contributed by atoms with van der Waals surface area (Å²) in [5.41, 5.74) is 0.324. The molecule has 1 atom stereocenters. The SMILES string of the molecule is [B]c1cc(NC(=O)c2cccc(S(=O)(=O)N3CCC(O)C3)c2)ccc1F. The van der Waals surface area contributed by atoms with E-state index >= 15 is 0 Å². The number of aliphatic hydroxyl groups excluding tert-OH is 1. The second-order valence-electron chi connectivity index (χ2n) is 6.02. The molecule has 6 nitrogen and oxygen atoms in total. The topological polar surface area (TPSA) is 86.7 Å². The third-order valence-corrected chi connectivity index (χ3v) is 5.98. The number of sulfonamides is 1. The van der Waals surface area contributed by atoms with E-state index in [1.165, 1.54) is 40.7 Å². The average molecular weight is 374 g/mol. The summed E-state index contributed by atoms with van der Waals surface area (Å²) >= 11 is 0. The number of amides is 1. The molecule has 2 aromatic carbocycles. The number of hydrogen-bond acceptors (Lipinski definition) is 4. The molecule has 3 rings (SSSR count). The maximum atomic E-state index is 13.2. The summed E-state index contributed by atoms with van der Waals surface area (Å²) in [6.07, 6.45) is -0.300. The number of β-amino-alcohol motifs (C(OH)–C–C–N with tert-alkyl or cyclic N) is 1. The van der Waals surface area contributed by atoms with Crippen molar-refractivity contribution in [3.8, 4) is 0 Å². The van der Waals surface area contributed by atoms with Crippen molar-refractivity contribution >= 4 is 34.9 Å². The van der Waals surface area contributed by atoms with Gasteiger partial charge in [0.15, 0.2) is 0 Å². The maximum absolute atomic E-state index is 13.2. The van der Waals surface area contributed by atoms with Crippen LogP contribution < -0.4 is 10.8 Å². The molecule has 0 aliphatic carbocycles. The van der Waals surface area contributed by atoms with Gasteiger partial charge in [-0.25, -0.2) is 12.8 Å². The summed E-state index contributed by atoms with van der Waals surface area (Å²) in [4.78, 5) is 12.3. The number of nitrogens with one attached hydrogen (secondary N) is 1. The van der Waals surface area contributed by atoms with Crippen molar-refractivity contribution in [2.75, 3.05) is 18.4 Å². The number of hydrogen-bond donors (Lipinski definition) is 2. The molecule has 134 valence electrons. The van der Waals surface area contributed by atoms with E-state index in [1.54, 1.807) is 0 Å². The van der Waals surface area contributed by atoms with Crippen LogP contribution in [0, 0.1) is 5.82 Å². The fourth-order valence-electron chi connectivity index (χ4n) is 2.70. The Bertz CT molecular complexity index is 952. The first-order chi connectivity index (χ1) is 12.3. The minimum Gasteiger partial charge on any atom is -0.392 e. The number of halogens is 1. The second kappa shape index (κ2) is 7.18. The Labute approximate surface area is 152 Å². The maximum Gasteiger partial charge on any atom is 0.255 e. The van der Waals surface area contributed by atoms with Gasteiger partial charge in [0.05, 0.1) is 11.0 Å². The highest BCUT2D eigenvalue weighted by molar-refractivity contribution is 7.89. The van der Waals surface area contributed by atoms with Gasteiger partial charge in [0.2, 0.25) is 10.0 Å². The largest absolute Gasteiger partial charge is 0.392 e. The van der Waals surface area contributed by atoms with Crippen LogP contribution in [0.15, 0.2) is 47.4 Å². The van der Waals surface area contributed by atoms with E-state index < -0.39 is 27.9 Å². The Morgan fingerprint density at radius 3 is 2.69 bits per heavy atom. The van der Waals surface area contributed by atoms with Gasteiger partial charge < -0.3 is 10.4 Å². The lowest BCUT2D eigenvalue weighted by Crippen LogP contribution is -2.30. The van der Waals surface area contributed by atoms with Crippen molar-refractivity contribution in [2.24, 2.45) is 0 Å². The highest BCUT2D eigenvalue weighted by atomic mass is 32.2. The van der Waals surface area contributed by atoms with Gasteiger partial charge in [-0.3, -0.25) is 4.79 Å². The van der Waals surface area contributed by atoms with Crippen molar-refractivity contribution in [2.45, 2.75) is 17.4 Å². The zero-order chi connectivity index (χ0) is 18.9. The van der Waals surface area contributed by atoms with Crippen LogP contribution in [-0.4, -0.2) is 50.8 Å². The molecule has 2 N–H and O–H groups in total. The Hall–Kier alpha value is -2.23. The van der Waals surface area contributed by atoms with E-state index in [9.17, 15) is 22.7 Å². The van der Waals surface area contributed by atoms with E-state index in [2.05, 4.69) is 5.32 Å². The second-order valence-corrected chi connectivity index (χ2v) is 7.96. The fraction of sp³-hybridized carbons (Fsp3) is 0.235. The van der Waals surface area contributed by atoms with Crippen molar-refractivity contribution in [3.05, 3.63) is 53.8 Å². The van der Waals surface area contributed by atoms with E-state index in [0.717, 1.165) is 6.07 Å². The highest BCUT2D eigenvalue weighted by Crippen LogP contribution is 2.22. The molecule has 1 fully saturated rings. The number of nitrogens with zero attached hydrogens (tertiary/aromatic N) is 1. The third kappa shape index (κ3) is 3.79. The first-order valence-electron chi connectivity index (χ1n) is 7.92. The van der Waals surface area contributed by atoms with Gasteiger partial charge in [-0.2, -0.15) is 4.31 Å². The third-order valence-electron chi connectivity index (χ3n) is 4.11. The van der Waals surface area contributed by atoms with Gasteiger partial charge in [-0.1, -0.05) is 11.5 Å². The van der Waals surface area contributed by atoms with E-state index in [0.29, 0.717) is 12.1 Å². The molecule has 2 aromatic rings. The van der Waals surface area contributed by atoms with E-state index in [4.69, 9.17) is 7.85 Å². The number of carbonyl (C=O) groups excluding carboxylic acids is 1. The molecular formula is C17H16BFN2O4S. The van der Waals surface area contributed by atoms with Crippen LogP contribution in [0.1, 0.15) is 16.8 Å². The van der Waals surface area contributed by atoms with Gasteiger partial charge in [0.25, 0.3) is 5.91 Å². The van der Waals surface area contributed by atoms with Crippen molar-refractivity contribution in [1.29, 1.82) is 0 Å². The van der Waals surface area contributed by atoms with Gasteiger partial charge in [-0.15, -0.1) is 0 Å². The Morgan fingerprint density at radius 2 is 2.04 bits per heavy atom. The molecule has 1 saturated heterocycles. The Morgan fingerprint density at radius 1 is 1.27 bits per heavy atom. The molecule has 0 saturated carbocycles. The lowest BCUT2D eigenvalue weighted by Gasteiger charge is -2.16. The standard InChI is InChI=1S/C17H16BFN2O4S/c18-15-9-12(4-5-16(15)19)20-17(23)11-2-1-3-14(8-11)26(24,25)21-7-6-13(22)10-21/h1-5,8-9,13,22H,6-7,10H2,(H,20,23). The van der Waals surface area contributed by atoms with Gasteiger partial charge in [-0.05, 0) is 42.8 Å². The summed E-state index contributed by atoms with van der Waals surface area (Å²) in [5, 5.41) is 12.1. The fourth-order valence-corrected chi connectivity index (χ4v) is 4.24. The monoisotopic (exact) mass is 374 g/mol. The average Bonchev–Trinajstić information content (AvgIpc) is 3.05. The van der Waals surface area contributed by atoms with Gasteiger partial charge in [0, 0.05) is 24.3 Å². The smallest absolute Gasteiger partial charge is 0.255 e. The molecule has 0 bridgehead atoms. The summed E-state index contributed by atoms with van der Waals surface area (Å²) in [5.74, 6) is -1.14. The number of anilines is 1. The minimum atomic E-state index is -3.79. The van der Waals surface area contributed by atoms with E-state index in [-0.39, 0.29) is 29.0 Å². The summed E-state index contributed by atoms with van der Waals surface area (Å²) in [6, 6.07) is 9.36. The number of benzene rings is 2. The van der Waals surface area contributed by atoms with Crippen LogP contribution >= 0.6 is 0 Å². The van der Waals surface area contributed by atoms with Gasteiger partial charge >= 0.3 is 0 Å². The van der Waals surface area contributed by atoms with Crippen LogP contribution in [0.25, 0.3) is 0 Å². The molecule has 26 heavy (non-hydrogen) atoms. The van der Waals surface area contributed by atoms with Crippen LogP contribution in [0.4, 0.5) is 10.1 Å². The minimum absolute atomic E-state index is 0.0297. The number of aliphatic hydroxyl groups is 1. The molecular weight excluding hydrogens is 358 g/mol. The summed E-state index contributed by atoms with van der Waals surface area (Å²) in [7, 11) is 1.68. The Balaban J connectivity index is 1.82. The van der Waals surface area contributed by atoms with Crippen molar-refractivity contribution in [1.82, 2.24) is 4.31 Å². The molecule has 1 unspecified atom stereocenters. The van der Waals surface area contributed by atoms with Crippen LogP contribution in [-0.2, 0) is 10.0 Å². The van der Waals surface area contributed by atoms with Crippen molar-refractivity contribution < 1.29 is 22.7 Å². The lowest BCUT2D eigenvalue weighted by molar-refractivity contribution is 0.102. The molecule has 1 heterocycles. The number of rotatable bonds is 4. The zero-order valence-corrected chi connectivity index (χ0v) is 14.5. The predicted octanol–water partition coefficient (Wildman–Crippen LogP) is 0.627. The molecule has 2 radical (unpaired) electrons. The zero-order valence-electron chi connectivity index (χ0n) is 13.7. The van der Waals surface area contributed by atoms with Gasteiger partial charge in [0.1, 0.15) is 13.7 Å². The normalized spacial score (nSPS) is 18.0. The number of carbonyl (C=O) groups is 1. The molecule has 0 aromatic heterocycles. The van der Waals surface area contributed by atoms with Crippen molar-refractivity contribution in [3.63, 3.8) is 0 Å². The molecule has 1 aliphatic heterocycles. The lowest BCUT2D eigenvalue weighted by atomic mass is 9.95. The van der Waals surface area contributed by atoms with Crippen LogP contribution in [0.3, 0.4) is 0 Å². The molecule has 1 aliphatic rings.